The molecule has 0 radical (unpaired) electrons. The third-order valence-electron chi connectivity index (χ3n) is 2.97. The average Bonchev–Trinajstić information content (AvgIpc) is 2.76. The number of aryl methyl sites for hydroxylation is 2. The van der Waals surface area contributed by atoms with Gasteiger partial charge >= 0.3 is 0 Å². The smallest absolute Gasteiger partial charge is 0.0421 e. The molecule has 0 aliphatic rings. The van der Waals surface area contributed by atoms with E-state index in [1.54, 1.807) is 0 Å². The first-order valence-corrected chi connectivity index (χ1v) is 7.05. The van der Waals surface area contributed by atoms with Crippen molar-refractivity contribution in [2.75, 3.05) is 6.54 Å². The molecule has 3 N–H and O–H groups in total. The van der Waals surface area contributed by atoms with Gasteiger partial charge in [0, 0.05) is 28.9 Å². The van der Waals surface area contributed by atoms with Gasteiger partial charge in [0.25, 0.3) is 0 Å². The van der Waals surface area contributed by atoms with Gasteiger partial charge in [-0.2, -0.15) is 0 Å². The molecule has 1 atom stereocenters. The lowest BCUT2D eigenvalue weighted by molar-refractivity contribution is 0.601. The van der Waals surface area contributed by atoms with Gasteiger partial charge in [0.1, 0.15) is 0 Å². The summed E-state index contributed by atoms with van der Waals surface area (Å²) in [6.45, 7) is 5.93. The van der Waals surface area contributed by atoms with Gasteiger partial charge in [-0.05, 0) is 31.5 Å². The molecule has 1 aromatic carbocycles. The molecule has 2 nitrogen and oxygen atoms in total. The first-order valence-electron chi connectivity index (χ1n) is 6.23. The van der Waals surface area contributed by atoms with Crippen LogP contribution in [0.4, 0.5) is 0 Å². The van der Waals surface area contributed by atoms with E-state index < -0.39 is 0 Å². The fourth-order valence-electron chi connectivity index (χ4n) is 1.86. The summed E-state index contributed by atoms with van der Waals surface area (Å²) in [6, 6.07) is 12.8. The number of nitrogens with one attached hydrogen (secondary N) is 1. The van der Waals surface area contributed by atoms with Crippen LogP contribution in [-0.4, -0.2) is 6.54 Å². The number of hydrogen-bond donors (Lipinski definition) is 2. The molecule has 0 saturated heterocycles. The van der Waals surface area contributed by atoms with Crippen molar-refractivity contribution in [3.8, 4) is 0 Å². The molecule has 2 rings (SSSR count). The number of rotatable bonds is 5. The van der Waals surface area contributed by atoms with E-state index in [9.17, 15) is 0 Å². The topological polar surface area (TPSA) is 38.0 Å². The van der Waals surface area contributed by atoms with Crippen LogP contribution in [0.15, 0.2) is 36.4 Å². The van der Waals surface area contributed by atoms with Gasteiger partial charge in [0.05, 0.1) is 0 Å². The van der Waals surface area contributed by atoms with Crippen molar-refractivity contribution in [2.24, 2.45) is 5.73 Å². The molecule has 18 heavy (non-hydrogen) atoms. The molecule has 0 amide bonds. The van der Waals surface area contributed by atoms with E-state index in [0.29, 0.717) is 0 Å². The second-order valence-corrected chi connectivity index (χ2v) is 6.03. The van der Waals surface area contributed by atoms with Gasteiger partial charge in [-0.1, -0.05) is 29.8 Å². The predicted octanol–water partition coefficient (Wildman–Crippen LogP) is 3.15. The highest BCUT2D eigenvalue weighted by Crippen LogP contribution is 2.15. The number of thiophene rings is 1. The average molecular weight is 260 g/mol. The molecule has 1 heterocycles. The highest BCUT2D eigenvalue weighted by molar-refractivity contribution is 7.11. The summed E-state index contributed by atoms with van der Waals surface area (Å²) in [4.78, 5) is 2.72. The van der Waals surface area contributed by atoms with Gasteiger partial charge in [-0.25, -0.2) is 0 Å². The van der Waals surface area contributed by atoms with Crippen molar-refractivity contribution < 1.29 is 0 Å². The predicted molar refractivity (Wildman–Crippen MR) is 78.9 cm³/mol. The van der Waals surface area contributed by atoms with Crippen molar-refractivity contribution in [3.63, 3.8) is 0 Å². The lowest BCUT2D eigenvalue weighted by Gasteiger charge is -2.13. The Morgan fingerprint density at radius 2 is 1.83 bits per heavy atom. The Balaban J connectivity index is 1.81. The third kappa shape index (κ3) is 3.67. The molecule has 3 heteroatoms. The van der Waals surface area contributed by atoms with Crippen LogP contribution >= 0.6 is 11.3 Å². The van der Waals surface area contributed by atoms with E-state index in [2.05, 4.69) is 55.6 Å². The summed E-state index contributed by atoms with van der Waals surface area (Å²) in [6.07, 6.45) is 0. The maximum atomic E-state index is 6.16. The second kappa shape index (κ2) is 6.14. The lowest BCUT2D eigenvalue weighted by atomic mass is 10.1. The van der Waals surface area contributed by atoms with E-state index in [4.69, 9.17) is 5.73 Å². The van der Waals surface area contributed by atoms with E-state index in [0.717, 1.165) is 13.1 Å². The first kappa shape index (κ1) is 13.3. The molecule has 0 spiro atoms. The summed E-state index contributed by atoms with van der Waals surface area (Å²) in [5.41, 5.74) is 8.62. The van der Waals surface area contributed by atoms with E-state index in [-0.39, 0.29) is 6.04 Å². The SMILES string of the molecule is Cc1ccc(C(N)CNCc2ccc(C)s2)cc1. The third-order valence-corrected chi connectivity index (χ3v) is 3.97. The summed E-state index contributed by atoms with van der Waals surface area (Å²) in [5, 5.41) is 3.41. The first-order chi connectivity index (χ1) is 8.65. The van der Waals surface area contributed by atoms with Crippen LogP contribution in [0.5, 0.6) is 0 Å². The molecule has 0 aliphatic heterocycles. The Bertz CT molecular complexity index is 487. The van der Waals surface area contributed by atoms with E-state index in [1.165, 1.54) is 20.9 Å². The summed E-state index contributed by atoms with van der Waals surface area (Å²) in [7, 11) is 0. The van der Waals surface area contributed by atoms with Crippen molar-refractivity contribution in [2.45, 2.75) is 26.4 Å². The molecule has 96 valence electrons. The quantitative estimate of drug-likeness (QED) is 0.866. The summed E-state index contributed by atoms with van der Waals surface area (Å²) >= 11 is 1.83. The minimum atomic E-state index is 0.0617. The fourth-order valence-corrected chi connectivity index (χ4v) is 2.72. The Labute approximate surface area is 113 Å². The Kier molecular flexibility index (Phi) is 4.53. The Morgan fingerprint density at radius 1 is 1.11 bits per heavy atom. The minimum Gasteiger partial charge on any atom is -0.323 e. The summed E-state index contributed by atoms with van der Waals surface area (Å²) < 4.78 is 0. The minimum absolute atomic E-state index is 0.0617. The Morgan fingerprint density at radius 3 is 2.44 bits per heavy atom. The molecule has 0 bridgehead atoms. The zero-order chi connectivity index (χ0) is 13.0. The van der Waals surface area contributed by atoms with Crippen LogP contribution in [0.3, 0.4) is 0 Å². The van der Waals surface area contributed by atoms with Crippen molar-refractivity contribution >= 4 is 11.3 Å². The van der Waals surface area contributed by atoms with Crippen molar-refractivity contribution in [1.82, 2.24) is 5.32 Å². The van der Waals surface area contributed by atoms with Gasteiger partial charge in [0.2, 0.25) is 0 Å². The van der Waals surface area contributed by atoms with Crippen LogP contribution in [-0.2, 0) is 6.54 Å². The van der Waals surface area contributed by atoms with E-state index in [1.807, 2.05) is 11.3 Å². The molecule has 0 aliphatic carbocycles. The molecule has 0 saturated carbocycles. The van der Waals surface area contributed by atoms with Crippen LogP contribution in [0.25, 0.3) is 0 Å². The normalized spacial score (nSPS) is 12.6. The van der Waals surface area contributed by atoms with Crippen LogP contribution in [0, 0.1) is 13.8 Å². The molecular formula is C15H20N2S. The van der Waals surface area contributed by atoms with Gasteiger partial charge < -0.3 is 11.1 Å². The molecule has 0 fully saturated rings. The van der Waals surface area contributed by atoms with Crippen molar-refractivity contribution in [1.29, 1.82) is 0 Å². The van der Waals surface area contributed by atoms with Gasteiger partial charge in [-0.3, -0.25) is 0 Å². The molecule has 1 unspecified atom stereocenters. The standard InChI is InChI=1S/C15H20N2S/c1-11-3-6-13(7-4-11)15(16)10-17-9-14-8-5-12(2)18-14/h3-8,15,17H,9-10,16H2,1-2H3. The number of hydrogen-bond acceptors (Lipinski definition) is 3. The van der Waals surface area contributed by atoms with Crippen LogP contribution < -0.4 is 11.1 Å². The van der Waals surface area contributed by atoms with Crippen LogP contribution in [0.2, 0.25) is 0 Å². The maximum absolute atomic E-state index is 6.16. The zero-order valence-electron chi connectivity index (χ0n) is 10.9. The zero-order valence-corrected chi connectivity index (χ0v) is 11.8. The van der Waals surface area contributed by atoms with Crippen molar-refractivity contribution in [3.05, 3.63) is 57.3 Å². The van der Waals surface area contributed by atoms with Crippen LogP contribution in [0.1, 0.15) is 26.9 Å². The monoisotopic (exact) mass is 260 g/mol. The Hall–Kier alpha value is -1.16. The largest absolute Gasteiger partial charge is 0.323 e. The fraction of sp³-hybridized carbons (Fsp3) is 0.333. The van der Waals surface area contributed by atoms with Gasteiger partial charge in [-0.15, -0.1) is 11.3 Å². The number of benzene rings is 1. The summed E-state index contributed by atoms with van der Waals surface area (Å²) in [5.74, 6) is 0. The molecule has 1 aromatic heterocycles. The molecule has 2 aromatic rings. The highest BCUT2D eigenvalue weighted by atomic mass is 32.1. The van der Waals surface area contributed by atoms with E-state index >= 15 is 0 Å². The highest BCUT2D eigenvalue weighted by Gasteiger charge is 2.05. The van der Waals surface area contributed by atoms with Gasteiger partial charge in [0.15, 0.2) is 0 Å². The molecular weight excluding hydrogens is 240 g/mol. The maximum Gasteiger partial charge on any atom is 0.0421 e. The number of nitrogens with two attached hydrogens (primary N) is 1. The second-order valence-electron chi connectivity index (χ2n) is 4.66. The lowest BCUT2D eigenvalue weighted by Crippen LogP contribution is -2.26.